The van der Waals surface area contributed by atoms with Crippen LogP contribution in [0.25, 0.3) is 0 Å². The molecule has 0 unspecified atom stereocenters. The summed E-state index contributed by atoms with van der Waals surface area (Å²) in [5, 5.41) is 8.42. The Balaban J connectivity index is 0.000000423. The zero-order valence-electron chi connectivity index (χ0n) is 31.1. The van der Waals surface area contributed by atoms with Gasteiger partial charge in [0.2, 0.25) is 5.91 Å². The quantitative estimate of drug-likeness (QED) is 0.186. The van der Waals surface area contributed by atoms with Gasteiger partial charge in [0, 0.05) is 60.5 Å². The number of para-hydroxylation sites is 1. The molecule has 0 spiro atoms. The smallest absolute Gasteiger partial charge is 0.246 e. The van der Waals surface area contributed by atoms with Crippen LogP contribution in [0.5, 0.6) is 11.5 Å². The minimum atomic E-state index is 0.198. The molecule has 264 valence electrons. The molecule has 2 aromatic carbocycles. The van der Waals surface area contributed by atoms with Crippen molar-refractivity contribution in [3.63, 3.8) is 0 Å². The van der Waals surface area contributed by atoms with Crippen LogP contribution in [0.15, 0.2) is 95.8 Å². The van der Waals surface area contributed by atoms with Gasteiger partial charge in [-0.25, -0.2) is 0 Å². The summed E-state index contributed by atoms with van der Waals surface area (Å²) < 4.78 is 5.76. The van der Waals surface area contributed by atoms with Crippen molar-refractivity contribution in [2.45, 2.75) is 100.0 Å². The summed E-state index contributed by atoms with van der Waals surface area (Å²) in [7, 11) is 0. The molecule has 1 amide bonds. The molecule has 7 nitrogen and oxygen atoms in total. The largest absolute Gasteiger partial charge is 0.457 e. The van der Waals surface area contributed by atoms with Crippen molar-refractivity contribution < 1.29 is 9.53 Å². The highest BCUT2D eigenvalue weighted by molar-refractivity contribution is 6.28. The van der Waals surface area contributed by atoms with Gasteiger partial charge >= 0.3 is 0 Å². The number of nitrogens with zero attached hydrogens (tertiary/aromatic N) is 3. The first-order valence-electron chi connectivity index (χ1n) is 17.8. The van der Waals surface area contributed by atoms with E-state index in [1.807, 2.05) is 72.5 Å². The molecular weight excluding hydrogens is 594 g/mol. The predicted octanol–water partition coefficient (Wildman–Crippen LogP) is 9.80. The van der Waals surface area contributed by atoms with E-state index in [0.717, 1.165) is 50.0 Å². The van der Waals surface area contributed by atoms with Crippen molar-refractivity contribution in [2.24, 2.45) is 16.6 Å². The topological polar surface area (TPSA) is 95.0 Å². The maximum Gasteiger partial charge on any atom is 0.246 e. The number of likely N-dealkylation sites (tertiary alicyclic amines) is 1. The Morgan fingerprint density at radius 1 is 1.00 bits per heavy atom. The third-order valence-corrected chi connectivity index (χ3v) is 7.75. The van der Waals surface area contributed by atoms with E-state index in [9.17, 15) is 4.79 Å². The molecule has 2 aromatic rings. The van der Waals surface area contributed by atoms with Gasteiger partial charge in [-0.15, -0.1) is 0 Å². The summed E-state index contributed by atoms with van der Waals surface area (Å²) in [5.41, 5.74) is 8.84. The molecule has 1 aliphatic heterocycles. The Bertz CT molecular complexity index is 1300. The number of aliphatic imine (C=N–C) groups is 1. The van der Waals surface area contributed by atoms with Gasteiger partial charge in [-0.05, 0) is 82.0 Å². The molecule has 3 N–H and O–H groups in total. The Hall–Kier alpha value is -3.97. The van der Waals surface area contributed by atoms with Crippen LogP contribution in [0.1, 0.15) is 99.5 Å². The van der Waals surface area contributed by atoms with Crippen LogP contribution < -0.4 is 10.5 Å². The van der Waals surface area contributed by atoms with Crippen molar-refractivity contribution in [1.82, 2.24) is 9.80 Å². The van der Waals surface area contributed by atoms with E-state index >= 15 is 0 Å². The summed E-state index contributed by atoms with van der Waals surface area (Å²) in [4.78, 5) is 20.5. The molecule has 7 heteroatoms. The highest BCUT2D eigenvalue weighted by atomic mass is 16.5. The molecule has 4 rings (SSSR count). The normalized spacial score (nSPS) is 16.3. The molecule has 1 heterocycles. The van der Waals surface area contributed by atoms with Gasteiger partial charge in [0.1, 0.15) is 11.5 Å². The Morgan fingerprint density at radius 3 is 2.04 bits per heavy atom. The number of benzene rings is 2. The van der Waals surface area contributed by atoms with Gasteiger partial charge in [0.25, 0.3) is 0 Å². The number of likely N-dealkylation sites (N-methyl/N-ethyl adjacent to an activating group) is 1. The zero-order valence-corrected chi connectivity index (χ0v) is 31.1. The van der Waals surface area contributed by atoms with Gasteiger partial charge in [-0.1, -0.05) is 91.7 Å². The highest BCUT2D eigenvalue weighted by Gasteiger charge is 2.23. The van der Waals surface area contributed by atoms with E-state index in [-0.39, 0.29) is 5.91 Å². The lowest BCUT2D eigenvalue weighted by molar-refractivity contribution is -0.125. The highest BCUT2D eigenvalue weighted by Crippen LogP contribution is 2.25. The van der Waals surface area contributed by atoms with E-state index in [1.165, 1.54) is 38.3 Å². The molecule has 48 heavy (non-hydrogen) atoms. The number of hydrogen-bond acceptors (Lipinski definition) is 6. The Labute approximate surface area is 292 Å². The summed E-state index contributed by atoms with van der Waals surface area (Å²) in [6.07, 6.45) is 13.0. The van der Waals surface area contributed by atoms with Gasteiger partial charge in [0.15, 0.2) is 0 Å². The lowest BCUT2D eigenvalue weighted by Crippen LogP contribution is -2.40. The first-order chi connectivity index (χ1) is 23.1. The molecule has 1 aliphatic carbocycles. The van der Waals surface area contributed by atoms with Crippen LogP contribution in [-0.2, 0) is 4.79 Å². The number of amides is 1. The molecule has 0 bridgehead atoms. The second-order valence-corrected chi connectivity index (χ2v) is 12.4. The third kappa shape index (κ3) is 15.3. The molecule has 1 saturated heterocycles. The average molecular weight is 658 g/mol. The average Bonchev–Trinajstić information content (AvgIpc) is 3.48. The molecular formula is C41H63N5O2. The van der Waals surface area contributed by atoms with Crippen LogP contribution in [0.3, 0.4) is 0 Å². The van der Waals surface area contributed by atoms with Crippen LogP contribution in [0.2, 0.25) is 0 Å². The maximum absolute atomic E-state index is 11.9. The summed E-state index contributed by atoms with van der Waals surface area (Å²) >= 11 is 0. The number of nitrogens with one attached hydrogen (secondary N) is 1. The zero-order chi connectivity index (χ0) is 35.9. The van der Waals surface area contributed by atoms with Gasteiger partial charge in [-0.3, -0.25) is 20.1 Å². The molecule has 0 radical (unpaired) electrons. The molecule has 0 aromatic heterocycles. The number of carbonyl (C=O) groups excluding carboxylic acids is 1. The van der Waals surface area contributed by atoms with Crippen molar-refractivity contribution >= 4 is 17.3 Å². The third-order valence-electron chi connectivity index (χ3n) is 7.75. The van der Waals surface area contributed by atoms with Gasteiger partial charge in [-0.2, -0.15) is 0 Å². The van der Waals surface area contributed by atoms with Crippen molar-refractivity contribution in [3.8, 4) is 11.5 Å². The predicted molar refractivity (Wildman–Crippen MR) is 206 cm³/mol. The summed E-state index contributed by atoms with van der Waals surface area (Å²) in [6, 6.07) is 17.7. The number of allylic oxidation sites excluding steroid dienone is 2. The van der Waals surface area contributed by atoms with Crippen LogP contribution in [0.4, 0.5) is 0 Å². The monoisotopic (exact) mass is 657 g/mol. The second kappa shape index (κ2) is 24.2. The van der Waals surface area contributed by atoms with Crippen LogP contribution in [-0.4, -0.2) is 59.4 Å². The van der Waals surface area contributed by atoms with E-state index < -0.39 is 0 Å². The number of hydrogen-bond donors (Lipinski definition) is 2. The van der Waals surface area contributed by atoms with E-state index in [0.29, 0.717) is 34.4 Å². The first kappa shape index (κ1) is 42.1. The van der Waals surface area contributed by atoms with Crippen molar-refractivity contribution in [3.05, 3.63) is 96.4 Å². The van der Waals surface area contributed by atoms with E-state index in [1.54, 1.807) is 13.0 Å². The minimum absolute atomic E-state index is 0.198. The van der Waals surface area contributed by atoms with Crippen LogP contribution in [0, 0.1) is 11.3 Å². The molecule has 1 saturated carbocycles. The van der Waals surface area contributed by atoms with Crippen molar-refractivity contribution in [2.75, 3.05) is 26.2 Å². The number of nitrogens with two attached hydrogens (primary N) is 1. The van der Waals surface area contributed by atoms with Gasteiger partial charge in [0.05, 0.1) is 5.71 Å². The standard InChI is InChI=1S/C20H21N3O.C15H26N2O.2C3H8/c1-4-23-15(3)19(14(2)21)20(22)16-10-12-18(13-11-16)24-17-8-6-5-7-9-17;1-3-16(14-6-4-7-14)10-5-8-15(18)17-11-9-13(2)12-17;2*1-3-2/h4-13,22H,1,21H2,2-3H3;5,8,13-14H,3-4,6-7,9-12H2,1-2H3;2*3H2,1-2H3/b19-14-,22-20?,23-15?;8-5+;;/t;13-;;/m.1../s1. The van der Waals surface area contributed by atoms with Gasteiger partial charge < -0.3 is 15.4 Å². The number of ether oxygens (including phenoxy) is 1. The first-order valence-corrected chi connectivity index (χ1v) is 17.8. The lowest BCUT2D eigenvalue weighted by Gasteiger charge is -2.36. The minimum Gasteiger partial charge on any atom is -0.457 e. The number of rotatable bonds is 11. The Kier molecular flexibility index (Phi) is 21.2. The SMILES string of the molecule is C=CN=C(C)/C(C(=N)c1ccc(Oc2ccccc2)cc1)=C(\C)N.CCC.CCC.CCN(C/C=C/C(=O)N1CC[C@@H](C)C1)C1CCC1. The molecule has 2 aliphatic rings. The fourth-order valence-corrected chi connectivity index (χ4v) is 5.14. The van der Waals surface area contributed by atoms with Crippen LogP contribution >= 0.6 is 0 Å². The van der Waals surface area contributed by atoms with Crippen molar-refractivity contribution in [1.29, 1.82) is 5.41 Å². The second-order valence-electron chi connectivity index (χ2n) is 12.4. The molecule has 2 fully saturated rings. The maximum atomic E-state index is 11.9. The molecule has 1 atom stereocenters. The van der Waals surface area contributed by atoms with E-state index in [4.69, 9.17) is 15.9 Å². The fraction of sp³-hybridized carbons (Fsp3) is 0.488. The number of carbonyl (C=O) groups is 1. The fourth-order valence-electron chi connectivity index (χ4n) is 5.14. The summed E-state index contributed by atoms with van der Waals surface area (Å²) in [5.74, 6) is 2.35. The lowest BCUT2D eigenvalue weighted by atomic mass is 9.91. The Morgan fingerprint density at radius 2 is 1.58 bits per heavy atom. The van der Waals surface area contributed by atoms with E-state index in [2.05, 4.69) is 58.0 Å². The summed E-state index contributed by atoms with van der Waals surface area (Å²) in [6.45, 7) is 24.0.